The molecule has 1 fully saturated rings. The van der Waals surface area contributed by atoms with Gasteiger partial charge < -0.3 is 19.7 Å². The summed E-state index contributed by atoms with van der Waals surface area (Å²) < 4.78 is 10.2. The number of hydrogen-bond acceptors (Lipinski definition) is 6. The number of rotatable bonds is 4. The lowest BCUT2D eigenvalue weighted by Gasteiger charge is -2.26. The highest BCUT2D eigenvalue weighted by Crippen LogP contribution is 2.31. The lowest BCUT2D eigenvalue weighted by molar-refractivity contribution is -0.125. The Kier molecular flexibility index (Phi) is 5.20. The molecule has 1 saturated heterocycles. The Balaban J connectivity index is 1.60. The predicted octanol–water partition coefficient (Wildman–Crippen LogP) is 2.79. The fourth-order valence-corrected chi connectivity index (χ4v) is 3.81. The molecule has 0 unspecified atom stereocenters. The van der Waals surface area contributed by atoms with Crippen molar-refractivity contribution in [1.82, 2.24) is 0 Å². The van der Waals surface area contributed by atoms with E-state index in [9.17, 15) is 14.4 Å². The van der Waals surface area contributed by atoms with Crippen molar-refractivity contribution >= 4 is 29.2 Å². The van der Waals surface area contributed by atoms with Crippen LogP contribution >= 0.6 is 0 Å². The molecule has 1 amide bonds. The molecule has 0 bridgehead atoms. The number of esters is 2. The van der Waals surface area contributed by atoms with Gasteiger partial charge in [-0.1, -0.05) is 18.2 Å². The molecule has 7 heteroatoms. The number of ether oxygens (including phenoxy) is 2. The van der Waals surface area contributed by atoms with Crippen LogP contribution in [0.1, 0.15) is 39.1 Å². The van der Waals surface area contributed by atoms with Gasteiger partial charge in [0.1, 0.15) is 0 Å². The van der Waals surface area contributed by atoms with Crippen molar-refractivity contribution in [2.45, 2.75) is 25.4 Å². The first-order valence-electron chi connectivity index (χ1n) is 9.64. The Hall–Kier alpha value is -3.35. The maximum absolute atomic E-state index is 12.9. The van der Waals surface area contributed by atoms with Crippen LogP contribution in [0.2, 0.25) is 0 Å². The van der Waals surface area contributed by atoms with Crippen LogP contribution in [0.15, 0.2) is 42.5 Å². The van der Waals surface area contributed by atoms with E-state index in [-0.39, 0.29) is 0 Å². The smallest absolute Gasteiger partial charge is 0.339 e. The third-order valence-electron chi connectivity index (χ3n) is 5.31. The second kappa shape index (κ2) is 7.95. The van der Waals surface area contributed by atoms with Crippen LogP contribution in [0.3, 0.4) is 0 Å². The number of hydrogen-bond donors (Lipinski definition) is 1. The summed E-state index contributed by atoms with van der Waals surface area (Å²) in [4.78, 5) is 39.3. The number of methoxy groups -OCH3 is 1. The van der Waals surface area contributed by atoms with Gasteiger partial charge in [0, 0.05) is 19.5 Å². The summed E-state index contributed by atoms with van der Waals surface area (Å²) in [5, 5.41) is 2.86. The minimum absolute atomic E-state index is 0.309. The number of amides is 1. The van der Waals surface area contributed by atoms with Crippen LogP contribution in [0.4, 0.5) is 11.4 Å². The highest BCUT2D eigenvalue weighted by atomic mass is 16.5. The van der Waals surface area contributed by atoms with Crippen LogP contribution < -0.4 is 10.2 Å². The van der Waals surface area contributed by atoms with Gasteiger partial charge >= 0.3 is 11.9 Å². The highest BCUT2D eigenvalue weighted by molar-refractivity contribution is 6.02. The molecule has 2 aromatic carbocycles. The second-order valence-electron chi connectivity index (χ2n) is 7.16. The van der Waals surface area contributed by atoms with Crippen molar-refractivity contribution < 1.29 is 23.9 Å². The van der Waals surface area contributed by atoms with Gasteiger partial charge in [-0.15, -0.1) is 0 Å². The zero-order valence-electron chi connectivity index (χ0n) is 16.1. The second-order valence-corrected chi connectivity index (χ2v) is 7.16. The first-order valence-corrected chi connectivity index (χ1v) is 9.64. The molecular formula is C22H22N2O5. The maximum atomic E-state index is 12.9. The SMILES string of the molecule is COC(=O)c1ccc(N2CCCC2)c(NC(=O)[C@H]2Cc3ccccc3C(=O)O2)c1. The zero-order chi connectivity index (χ0) is 20.4. The number of carbonyl (C=O) groups excluding carboxylic acids is 3. The van der Waals surface area contributed by atoms with Crippen molar-refractivity contribution in [3.05, 3.63) is 59.2 Å². The van der Waals surface area contributed by atoms with Crippen molar-refractivity contribution in [3.8, 4) is 0 Å². The summed E-state index contributed by atoms with van der Waals surface area (Å²) in [6.07, 6.45) is 1.53. The van der Waals surface area contributed by atoms with Crippen molar-refractivity contribution in [2.24, 2.45) is 0 Å². The molecule has 2 aliphatic rings. The van der Waals surface area contributed by atoms with Crippen molar-refractivity contribution in [1.29, 1.82) is 0 Å². The Morgan fingerprint density at radius 2 is 1.90 bits per heavy atom. The first kappa shape index (κ1) is 19.0. The van der Waals surface area contributed by atoms with Gasteiger partial charge in [-0.2, -0.15) is 0 Å². The van der Waals surface area contributed by atoms with Gasteiger partial charge in [-0.3, -0.25) is 4.79 Å². The number of cyclic esters (lactones) is 1. The molecule has 7 nitrogen and oxygen atoms in total. The summed E-state index contributed by atoms with van der Waals surface area (Å²) in [6, 6.07) is 12.2. The number of nitrogens with zero attached hydrogens (tertiary/aromatic N) is 1. The summed E-state index contributed by atoms with van der Waals surface area (Å²) in [5.74, 6) is -1.41. The van der Waals surface area contributed by atoms with Gasteiger partial charge in [-0.25, -0.2) is 9.59 Å². The number of anilines is 2. The van der Waals surface area contributed by atoms with E-state index in [0.29, 0.717) is 23.2 Å². The Labute approximate surface area is 168 Å². The third-order valence-corrected chi connectivity index (χ3v) is 5.31. The van der Waals surface area contributed by atoms with E-state index in [1.165, 1.54) is 7.11 Å². The zero-order valence-corrected chi connectivity index (χ0v) is 16.1. The number of fused-ring (bicyclic) bond motifs is 1. The van der Waals surface area contributed by atoms with Crippen LogP contribution in [-0.4, -0.2) is 44.1 Å². The first-order chi connectivity index (χ1) is 14.1. The molecule has 4 rings (SSSR count). The van der Waals surface area contributed by atoms with Crippen LogP contribution in [-0.2, 0) is 20.7 Å². The molecule has 2 aliphatic heterocycles. The maximum Gasteiger partial charge on any atom is 0.339 e. The van der Waals surface area contributed by atoms with Gasteiger partial charge in [0.05, 0.1) is 29.6 Å². The molecule has 0 saturated carbocycles. The lowest BCUT2D eigenvalue weighted by Crippen LogP contribution is -2.38. The minimum Gasteiger partial charge on any atom is -0.465 e. The monoisotopic (exact) mass is 394 g/mol. The standard InChI is InChI=1S/C22H22N2O5/c1-28-21(26)15-8-9-18(24-10-4-5-11-24)17(12-15)23-20(25)19-13-14-6-2-3-7-16(14)22(27)29-19/h2-3,6-9,12,19H,4-5,10-11,13H2,1H3,(H,23,25)/t19-/m1/s1. The minimum atomic E-state index is -0.925. The fourth-order valence-electron chi connectivity index (χ4n) is 3.81. The lowest BCUT2D eigenvalue weighted by atomic mass is 9.98. The van der Waals surface area contributed by atoms with E-state index < -0.39 is 23.9 Å². The van der Waals surface area contributed by atoms with Crippen LogP contribution in [0.5, 0.6) is 0 Å². The summed E-state index contributed by atoms with van der Waals surface area (Å²) in [6.45, 7) is 1.76. The number of carbonyl (C=O) groups is 3. The topological polar surface area (TPSA) is 84.9 Å². The highest BCUT2D eigenvalue weighted by Gasteiger charge is 2.32. The van der Waals surface area contributed by atoms with Crippen molar-refractivity contribution in [2.75, 3.05) is 30.4 Å². The van der Waals surface area contributed by atoms with Gasteiger partial charge in [-0.05, 0) is 42.7 Å². The molecule has 2 aromatic rings. The van der Waals surface area contributed by atoms with Crippen LogP contribution in [0.25, 0.3) is 0 Å². The Bertz CT molecular complexity index is 965. The summed E-state index contributed by atoms with van der Waals surface area (Å²) in [5.41, 5.74) is 2.96. The van der Waals surface area contributed by atoms with E-state index in [1.54, 1.807) is 24.3 Å². The number of benzene rings is 2. The van der Waals surface area contributed by atoms with E-state index >= 15 is 0 Å². The molecule has 0 spiro atoms. The Morgan fingerprint density at radius 1 is 1.14 bits per heavy atom. The largest absolute Gasteiger partial charge is 0.465 e. The van der Waals surface area contributed by atoms with E-state index in [4.69, 9.17) is 9.47 Å². The average Bonchev–Trinajstić information content (AvgIpc) is 3.27. The third kappa shape index (κ3) is 3.81. The molecule has 0 aliphatic carbocycles. The quantitative estimate of drug-likeness (QED) is 0.803. The molecule has 1 N–H and O–H groups in total. The summed E-state index contributed by atoms with van der Waals surface area (Å²) >= 11 is 0. The molecule has 1 atom stereocenters. The van der Waals surface area contributed by atoms with E-state index in [1.807, 2.05) is 18.2 Å². The normalized spacial score (nSPS) is 18.0. The molecule has 29 heavy (non-hydrogen) atoms. The molecule has 0 aromatic heterocycles. The predicted molar refractivity (Wildman–Crippen MR) is 107 cm³/mol. The number of nitrogens with one attached hydrogen (secondary N) is 1. The van der Waals surface area contributed by atoms with Crippen LogP contribution in [0, 0.1) is 0 Å². The van der Waals surface area contributed by atoms with Gasteiger partial charge in [0.15, 0.2) is 6.10 Å². The molecular weight excluding hydrogens is 372 g/mol. The molecule has 150 valence electrons. The molecule has 0 radical (unpaired) electrons. The Morgan fingerprint density at radius 3 is 2.66 bits per heavy atom. The average molecular weight is 394 g/mol. The van der Waals surface area contributed by atoms with E-state index in [2.05, 4.69) is 10.2 Å². The van der Waals surface area contributed by atoms with Crippen molar-refractivity contribution in [3.63, 3.8) is 0 Å². The van der Waals surface area contributed by atoms with Gasteiger partial charge in [0.25, 0.3) is 5.91 Å². The van der Waals surface area contributed by atoms with Gasteiger partial charge in [0.2, 0.25) is 0 Å². The molecule has 2 heterocycles. The van der Waals surface area contributed by atoms with E-state index in [0.717, 1.165) is 37.2 Å². The fraction of sp³-hybridized carbons (Fsp3) is 0.318. The summed E-state index contributed by atoms with van der Waals surface area (Å²) in [7, 11) is 1.31.